The summed E-state index contributed by atoms with van der Waals surface area (Å²) < 4.78 is 2.08. The van der Waals surface area contributed by atoms with Crippen LogP contribution in [0.25, 0.3) is 0 Å². The Balaban J connectivity index is 2.22. The van der Waals surface area contributed by atoms with E-state index in [1.807, 2.05) is 18.2 Å². The average Bonchev–Trinajstić information content (AvgIpc) is 2.64. The molecular weight excluding hydrogens is 267 g/mol. The molecule has 0 saturated carbocycles. The third-order valence-electron chi connectivity index (χ3n) is 3.04. The summed E-state index contributed by atoms with van der Waals surface area (Å²) in [6.45, 7) is 6.24. The predicted octanol–water partition coefficient (Wildman–Crippen LogP) is 4.72. The highest BCUT2D eigenvalue weighted by Crippen LogP contribution is 2.26. The number of nitrogens with zero attached hydrogens (tertiary/aromatic N) is 1. The number of nitrogens with one attached hydrogen (secondary N) is 1. The Kier molecular flexibility index (Phi) is 3.88. The molecule has 96 valence electrons. The summed E-state index contributed by atoms with van der Waals surface area (Å²) >= 11 is 12.0. The lowest BCUT2D eigenvalue weighted by atomic mass is 10.1. The molecule has 1 atom stereocenters. The van der Waals surface area contributed by atoms with Crippen molar-refractivity contribution in [2.75, 3.05) is 5.43 Å². The van der Waals surface area contributed by atoms with Gasteiger partial charge < -0.3 is 5.43 Å². The molecule has 2 aromatic rings. The minimum absolute atomic E-state index is 0.157. The number of aromatic nitrogens is 1. The van der Waals surface area contributed by atoms with E-state index in [-0.39, 0.29) is 6.04 Å². The van der Waals surface area contributed by atoms with Crippen LogP contribution >= 0.6 is 23.2 Å². The maximum absolute atomic E-state index is 6.04. The average molecular weight is 283 g/mol. The monoisotopic (exact) mass is 282 g/mol. The summed E-state index contributed by atoms with van der Waals surface area (Å²) in [6, 6.07) is 10.0. The lowest BCUT2D eigenvalue weighted by molar-refractivity contribution is 0.699. The van der Waals surface area contributed by atoms with Gasteiger partial charge in [0, 0.05) is 11.4 Å². The molecule has 1 aromatic heterocycles. The molecule has 0 bridgehead atoms. The third-order valence-corrected chi connectivity index (χ3v) is 3.78. The summed E-state index contributed by atoms with van der Waals surface area (Å²) in [7, 11) is 0. The van der Waals surface area contributed by atoms with Crippen molar-refractivity contribution in [1.82, 2.24) is 4.68 Å². The number of benzene rings is 1. The van der Waals surface area contributed by atoms with Gasteiger partial charge in [-0.05, 0) is 50.6 Å². The second-order valence-corrected chi connectivity index (χ2v) is 5.29. The summed E-state index contributed by atoms with van der Waals surface area (Å²) in [5.41, 5.74) is 6.90. The number of hydrogen-bond donors (Lipinski definition) is 1. The molecule has 0 spiro atoms. The van der Waals surface area contributed by atoms with Gasteiger partial charge in [-0.3, -0.25) is 4.68 Å². The first-order valence-electron chi connectivity index (χ1n) is 5.85. The van der Waals surface area contributed by atoms with E-state index in [0.717, 1.165) is 5.56 Å². The SMILES string of the molecule is Cc1ccc(C)n1NC(C)c1ccc(Cl)c(Cl)c1. The van der Waals surface area contributed by atoms with Crippen LogP contribution in [0.3, 0.4) is 0 Å². The Labute approximate surface area is 117 Å². The van der Waals surface area contributed by atoms with E-state index in [1.54, 1.807) is 0 Å². The Bertz CT molecular complexity index is 541. The predicted molar refractivity (Wildman–Crippen MR) is 78.1 cm³/mol. The van der Waals surface area contributed by atoms with E-state index in [0.29, 0.717) is 10.0 Å². The van der Waals surface area contributed by atoms with Gasteiger partial charge in [0.1, 0.15) is 0 Å². The van der Waals surface area contributed by atoms with Crippen molar-refractivity contribution in [3.63, 3.8) is 0 Å². The fraction of sp³-hybridized carbons (Fsp3) is 0.286. The van der Waals surface area contributed by atoms with E-state index < -0.39 is 0 Å². The number of halogens is 2. The lowest BCUT2D eigenvalue weighted by Gasteiger charge is -2.20. The van der Waals surface area contributed by atoms with Crippen molar-refractivity contribution in [2.24, 2.45) is 0 Å². The van der Waals surface area contributed by atoms with Gasteiger partial charge in [0.2, 0.25) is 0 Å². The smallest absolute Gasteiger partial charge is 0.0646 e. The quantitative estimate of drug-likeness (QED) is 0.862. The Morgan fingerprint density at radius 2 is 1.61 bits per heavy atom. The van der Waals surface area contributed by atoms with Gasteiger partial charge >= 0.3 is 0 Å². The highest BCUT2D eigenvalue weighted by Gasteiger charge is 2.09. The maximum Gasteiger partial charge on any atom is 0.0646 e. The molecule has 0 radical (unpaired) electrons. The molecule has 2 rings (SSSR count). The van der Waals surface area contributed by atoms with Crippen molar-refractivity contribution >= 4 is 23.2 Å². The van der Waals surface area contributed by atoms with Crippen LogP contribution in [-0.2, 0) is 0 Å². The van der Waals surface area contributed by atoms with E-state index in [9.17, 15) is 0 Å². The molecule has 0 fully saturated rings. The zero-order valence-electron chi connectivity index (χ0n) is 10.7. The van der Waals surface area contributed by atoms with Crippen LogP contribution in [0.5, 0.6) is 0 Å². The largest absolute Gasteiger partial charge is 0.319 e. The summed E-state index contributed by atoms with van der Waals surface area (Å²) in [4.78, 5) is 0. The highest BCUT2D eigenvalue weighted by atomic mass is 35.5. The Morgan fingerprint density at radius 3 is 2.17 bits per heavy atom. The van der Waals surface area contributed by atoms with Crippen LogP contribution in [-0.4, -0.2) is 4.68 Å². The van der Waals surface area contributed by atoms with Gasteiger partial charge in [0.15, 0.2) is 0 Å². The Morgan fingerprint density at radius 1 is 1.00 bits per heavy atom. The second kappa shape index (κ2) is 5.25. The van der Waals surface area contributed by atoms with E-state index >= 15 is 0 Å². The number of hydrogen-bond acceptors (Lipinski definition) is 1. The van der Waals surface area contributed by atoms with E-state index in [1.165, 1.54) is 11.4 Å². The zero-order valence-corrected chi connectivity index (χ0v) is 12.2. The molecule has 0 aliphatic rings. The van der Waals surface area contributed by atoms with Gasteiger partial charge in [0.25, 0.3) is 0 Å². The van der Waals surface area contributed by atoms with Crippen molar-refractivity contribution in [3.8, 4) is 0 Å². The van der Waals surface area contributed by atoms with Crippen LogP contribution in [0, 0.1) is 13.8 Å². The van der Waals surface area contributed by atoms with E-state index in [2.05, 4.69) is 43.0 Å². The first-order chi connectivity index (χ1) is 8.49. The highest BCUT2D eigenvalue weighted by molar-refractivity contribution is 6.42. The zero-order chi connectivity index (χ0) is 13.3. The summed E-state index contributed by atoms with van der Waals surface area (Å²) in [5, 5.41) is 1.17. The molecule has 1 heterocycles. The van der Waals surface area contributed by atoms with Gasteiger partial charge in [0.05, 0.1) is 16.1 Å². The molecule has 0 amide bonds. The minimum Gasteiger partial charge on any atom is -0.319 e. The van der Waals surface area contributed by atoms with Crippen molar-refractivity contribution in [1.29, 1.82) is 0 Å². The Hall–Kier alpha value is -1.12. The van der Waals surface area contributed by atoms with Gasteiger partial charge in [-0.2, -0.15) is 0 Å². The fourth-order valence-electron chi connectivity index (χ4n) is 1.92. The van der Waals surface area contributed by atoms with Crippen LogP contribution in [0.1, 0.15) is 29.9 Å². The number of rotatable bonds is 3. The molecule has 0 saturated heterocycles. The third kappa shape index (κ3) is 2.65. The van der Waals surface area contributed by atoms with Crippen LogP contribution in [0.15, 0.2) is 30.3 Å². The van der Waals surface area contributed by atoms with Gasteiger partial charge in [-0.15, -0.1) is 0 Å². The molecule has 4 heteroatoms. The first-order valence-corrected chi connectivity index (χ1v) is 6.61. The molecule has 1 unspecified atom stereocenters. The molecule has 1 aromatic carbocycles. The first kappa shape index (κ1) is 13.3. The second-order valence-electron chi connectivity index (χ2n) is 4.48. The molecule has 1 N–H and O–H groups in total. The lowest BCUT2D eigenvalue weighted by Crippen LogP contribution is -2.20. The van der Waals surface area contributed by atoms with Crippen LogP contribution in [0.4, 0.5) is 0 Å². The molecule has 0 aliphatic heterocycles. The maximum atomic E-state index is 6.04. The van der Waals surface area contributed by atoms with Crippen molar-refractivity contribution in [2.45, 2.75) is 26.8 Å². The summed E-state index contributed by atoms with van der Waals surface area (Å²) in [6.07, 6.45) is 0. The standard InChI is InChI=1S/C14H16Cl2N2/c1-9-4-5-10(2)18(9)17-11(3)12-6-7-13(15)14(16)8-12/h4-8,11,17H,1-3H3. The topological polar surface area (TPSA) is 17.0 Å². The number of aryl methyl sites for hydroxylation is 2. The minimum atomic E-state index is 0.157. The fourth-order valence-corrected chi connectivity index (χ4v) is 2.23. The normalized spacial score (nSPS) is 12.5. The van der Waals surface area contributed by atoms with E-state index in [4.69, 9.17) is 23.2 Å². The van der Waals surface area contributed by atoms with Crippen molar-refractivity contribution in [3.05, 3.63) is 57.3 Å². The molecule has 2 nitrogen and oxygen atoms in total. The molecule has 18 heavy (non-hydrogen) atoms. The van der Waals surface area contributed by atoms with Gasteiger partial charge in [-0.25, -0.2) is 0 Å². The van der Waals surface area contributed by atoms with Crippen LogP contribution in [0.2, 0.25) is 10.0 Å². The molecule has 0 aliphatic carbocycles. The van der Waals surface area contributed by atoms with Crippen LogP contribution < -0.4 is 5.43 Å². The summed E-state index contributed by atoms with van der Waals surface area (Å²) in [5.74, 6) is 0. The van der Waals surface area contributed by atoms with Gasteiger partial charge in [-0.1, -0.05) is 29.3 Å². The van der Waals surface area contributed by atoms with Crippen molar-refractivity contribution < 1.29 is 0 Å². The molecular formula is C14H16Cl2N2.